The molecule has 1 aliphatic carbocycles. The fraction of sp³-hybridized carbons (Fsp3) is 0.0435. The lowest BCUT2D eigenvalue weighted by Gasteiger charge is -2.29. The zero-order chi connectivity index (χ0) is 31.6. The highest BCUT2D eigenvalue weighted by molar-refractivity contribution is 8.03. The summed E-state index contributed by atoms with van der Waals surface area (Å²) in [6.45, 7) is 0. The summed E-state index contributed by atoms with van der Waals surface area (Å²) in [7, 11) is 0. The van der Waals surface area contributed by atoms with Gasteiger partial charge in [-0.05, 0) is 95.9 Å². The van der Waals surface area contributed by atoms with Crippen molar-refractivity contribution in [2.24, 2.45) is 0 Å². The van der Waals surface area contributed by atoms with Crippen LogP contribution in [0.25, 0.3) is 54.2 Å². The predicted octanol–water partition coefficient (Wildman–Crippen LogP) is 13.5. The van der Waals surface area contributed by atoms with Gasteiger partial charge >= 0.3 is 0 Å². The molecule has 2 aliphatic rings. The molecule has 0 saturated heterocycles. The third-order valence-corrected chi connectivity index (χ3v) is 11.5. The maximum absolute atomic E-state index is 2.46. The van der Waals surface area contributed by atoms with E-state index in [1.807, 2.05) is 11.8 Å². The monoisotopic (exact) mass is 629 g/mol. The minimum atomic E-state index is 0.476. The highest BCUT2D eigenvalue weighted by Crippen LogP contribution is 2.54. The summed E-state index contributed by atoms with van der Waals surface area (Å²) in [4.78, 5) is 5.33. The van der Waals surface area contributed by atoms with Crippen LogP contribution in [-0.4, -0.2) is 0 Å². The molecular formula is C46H31NS. The van der Waals surface area contributed by atoms with Crippen molar-refractivity contribution in [1.82, 2.24) is 0 Å². The van der Waals surface area contributed by atoms with Gasteiger partial charge in [-0.15, -0.1) is 0 Å². The second-order valence-electron chi connectivity index (χ2n) is 12.9. The minimum absolute atomic E-state index is 0.476. The summed E-state index contributed by atoms with van der Waals surface area (Å²) in [5.74, 6) is 0.476. The quantitative estimate of drug-likeness (QED) is 0.178. The molecule has 0 amide bonds. The number of allylic oxidation sites excluding steroid dienone is 4. The molecule has 226 valence electrons. The van der Waals surface area contributed by atoms with Crippen LogP contribution >= 0.6 is 11.8 Å². The van der Waals surface area contributed by atoms with Gasteiger partial charge in [0.15, 0.2) is 0 Å². The first-order valence-corrected chi connectivity index (χ1v) is 17.5. The number of rotatable bonds is 4. The van der Waals surface area contributed by atoms with E-state index >= 15 is 0 Å². The summed E-state index contributed by atoms with van der Waals surface area (Å²) in [6, 6.07) is 56.1. The van der Waals surface area contributed by atoms with Crippen LogP contribution in [0.15, 0.2) is 180 Å². The average molecular weight is 630 g/mol. The largest absolute Gasteiger partial charge is 0.310 e. The Hall–Kier alpha value is -5.57. The van der Waals surface area contributed by atoms with Crippen molar-refractivity contribution in [3.63, 3.8) is 0 Å². The van der Waals surface area contributed by atoms with E-state index in [1.165, 1.54) is 69.6 Å². The van der Waals surface area contributed by atoms with Gasteiger partial charge in [-0.3, -0.25) is 0 Å². The molecule has 8 aromatic rings. The molecule has 0 N–H and O–H groups in total. The van der Waals surface area contributed by atoms with Crippen LogP contribution in [0.2, 0.25) is 0 Å². The van der Waals surface area contributed by atoms with Crippen molar-refractivity contribution in [2.45, 2.75) is 17.2 Å². The Morgan fingerprint density at radius 2 is 1.23 bits per heavy atom. The van der Waals surface area contributed by atoms with Crippen LogP contribution in [0, 0.1) is 0 Å². The molecule has 2 heteroatoms. The van der Waals surface area contributed by atoms with Gasteiger partial charge in [0.2, 0.25) is 0 Å². The summed E-state index contributed by atoms with van der Waals surface area (Å²) in [5.41, 5.74) is 7.34. The number of nitrogens with zero attached hydrogens (tertiary/aromatic N) is 1. The number of benzene rings is 8. The molecule has 48 heavy (non-hydrogen) atoms. The normalized spacial score (nSPS) is 15.2. The molecule has 1 unspecified atom stereocenters. The number of thioether (sulfide) groups is 1. The number of anilines is 3. The van der Waals surface area contributed by atoms with Crippen molar-refractivity contribution in [1.29, 1.82) is 0 Å². The third kappa shape index (κ3) is 4.33. The van der Waals surface area contributed by atoms with E-state index in [1.54, 1.807) is 0 Å². The van der Waals surface area contributed by atoms with E-state index in [0.29, 0.717) is 5.92 Å². The van der Waals surface area contributed by atoms with Crippen LogP contribution in [0.1, 0.15) is 17.9 Å². The summed E-state index contributed by atoms with van der Waals surface area (Å²) in [6.07, 6.45) is 7.90. The molecule has 8 aromatic carbocycles. The molecule has 0 radical (unpaired) electrons. The standard InChI is InChI=1S/C46H31NS/c1-2-10-30(11-3-1)37-13-6-8-16-43(37)47(36-24-22-32-23-26-41-40-15-7-9-17-44(40)48-46(41)42(32)29-36)35-25-27-39-34(28-35)21-20-33-19-18-31-12-4-5-14-38(31)45(33)39/h1-14,16-29,40H,15H2. The topological polar surface area (TPSA) is 3.24 Å². The number of para-hydroxylation sites is 1. The van der Waals surface area contributed by atoms with Gasteiger partial charge in [-0.25, -0.2) is 0 Å². The van der Waals surface area contributed by atoms with E-state index in [4.69, 9.17) is 0 Å². The smallest absolute Gasteiger partial charge is 0.0540 e. The first-order chi connectivity index (χ1) is 23.8. The highest BCUT2D eigenvalue weighted by atomic mass is 32.2. The van der Waals surface area contributed by atoms with Gasteiger partial charge in [0.1, 0.15) is 0 Å². The van der Waals surface area contributed by atoms with Crippen molar-refractivity contribution in [2.75, 3.05) is 4.90 Å². The summed E-state index contributed by atoms with van der Waals surface area (Å²) >= 11 is 1.96. The Labute approximate surface area is 284 Å². The summed E-state index contributed by atoms with van der Waals surface area (Å²) < 4.78 is 0. The Morgan fingerprint density at radius 3 is 2.17 bits per heavy atom. The lowest BCUT2D eigenvalue weighted by atomic mass is 9.91. The van der Waals surface area contributed by atoms with Crippen molar-refractivity contribution in [3.8, 4) is 11.1 Å². The Balaban J connectivity index is 1.21. The molecule has 1 heterocycles. The Kier molecular flexibility index (Phi) is 6.32. The molecule has 0 fully saturated rings. The molecular weight excluding hydrogens is 599 g/mol. The first kappa shape index (κ1) is 27.5. The minimum Gasteiger partial charge on any atom is -0.310 e. The zero-order valence-electron chi connectivity index (χ0n) is 26.3. The fourth-order valence-electron chi connectivity index (χ4n) is 7.86. The second kappa shape index (κ2) is 11.0. The van der Waals surface area contributed by atoms with Crippen molar-refractivity contribution >= 4 is 71.9 Å². The van der Waals surface area contributed by atoms with Gasteiger partial charge in [0, 0.05) is 27.8 Å². The first-order valence-electron chi connectivity index (χ1n) is 16.7. The second-order valence-corrected chi connectivity index (χ2v) is 13.9. The predicted molar refractivity (Wildman–Crippen MR) is 207 cm³/mol. The van der Waals surface area contributed by atoms with Crippen LogP contribution in [-0.2, 0) is 0 Å². The average Bonchev–Trinajstić information content (AvgIpc) is 3.54. The molecule has 0 saturated carbocycles. The zero-order valence-corrected chi connectivity index (χ0v) is 27.1. The van der Waals surface area contributed by atoms with Gasteiger partial charge in [0.05, 0.1) is 5.69 Å². The van der Waals surface area contributed by atoms with Crippen molar-refractivity contribution < 1.29 is 0 Å². The fourth-order valence-corrected chi connectivity index (χ4v) is 9.22. The molecule has 0 spiro atoms. The number of hydrogen-bond acceptors (Lipinski definition) is 2. The molecule has 1 nitrogen and oxygen atoms in total. The third-order valence-electron chi connectivity index (χ3n) is 10.1. The maximum atomic E-state index is 2.46. The van der Waals surface area contributed by atoms with Gasteiger partial charge in [-0.1, -0.05) is 151 Å². The molecule has 0 bridgehead atoms. The molecule has 1 aliphatic heterocycles. The van der Waals surface area contributed by atoms with Crippen LogP contribution < -0.4 is 4.90 Å². The maximum Gasteiger partial charge on any atom is 0.0540 e. The van der Waals surface area contributed by atoms with Gasteiger partial charge < -0.3 is 4.90 Å². The van der Waals surface area contributed by atoms with E-state index in [2.05, 4.69) is 175 Å². The van der Waals surface area contributed by atoms with Gasteiger partial charge in [-0.2, -0.15) is 0 Å². The van der Waals surface area contributed by atoms with E-state index in [0.717, 1.165) is 23.5 Å². The van der Waals surface area contributed by atoms with E-state index in [9.17, 15) is 0 Å². The van der Waals surface area contributed by atoms with Crippen molar-refractivity contribution in [3.05, 3.63) is 180 Å². The lowest BCUT2D eigenvalue weighted by molar-refractivity contribution is 0.840. The molecule has 1 atom stereocenters. The molecule has 0 aromatic heterocycles. The van der Waals surface area contributed by atoms with E-state index < -0.39 is 0 Å². The van der Waals surface area contributed by atoms with Gasteiger partial charge in [0.25, 0.3) is 0 Å². The lowest BCUT2D eigenvalue weighted by Crippen LogP contribution is -2.11. The van der Waals surface area contributed by atoms with Crippen LogP contribution in [0.3, 0.4) is 0 Å². The van der Waals surface area contributed by atoms with E-state index in [-0.39, 0.29) is 0 Å². The number of fused-ring (bicyclic) bond motifs is 10. The SMILES string of the molecule is C1=CCC2C(=C1)Sc1c2ccc2ccc(N(c3ccc4c(ccc5ccc6ccccc6c54)c3)c3ccccc3-c3ccccc3)cc12. The highest BCUT2D eigenvalue weighted by Gasteiger charge is 2.30. The Bertz CT molecular complexity index is 2630. The van der Waals surface area contributed by atoms with Crippen LogP contribution in [0.5, 0.6) is 0 Å². The Morgan fingerprint density at radius 1 is 0.542 bits per heavy atom. The van der Waals surface area contributed by atoms with Crippen LogP contribution in [0.4, 0.5) is 17.1 Å². The molecule has 10 rings (SSSR count). The summed E-state index contributed by atoms with van der Waals surface area (Å²) in [5, 5.41) is 10.3. The number of hydrogen-bond donors (Lipinski definition) is 0.